The van der Waals surface area contributed by atoms with E-state index in [2.05, 4.69) is 5.32 Å². The second-order valence-electron chi connectivity index (χ2n) is 4.09. The van der Waals surface area contributed by atoms with Crippen molar-refractivity contribution in [3.05, 3.63) is 59.2 Å². The van der Waals surface area contributed by atoms with Gasteiger partial charge in [0, 0.05) is 24.2 Å². The molecule has 0 fully saturated rings. The maximum absolute atomic E-state index is 13.7. The first-order chi connectivity index (χ1) is 9.02. The molecule has 19 heavy (non-hydrogen) atoms. The summed E-state index contributed by atoms with van der Waals surface area (Å²) in [5.41, 5.74) is -0.110. The zero-order valence-electron chi connectivity index (χ0n) is 10.1. The van der Waals surface area contributed by atoms with Gasteiger partial charge in [0.25, 0.3) is 0 Å². The first kappa shape index (κ1) is 13.5. The highest BCUT2D eigenvalue weighted by atomic mass is 19.1. The van der Waals surface area contributed by atoms with Gasteiger partial charge < -0.3 is 5.32 Å². The van der Waals surface area contributed by atoms with Gasteiger partial charge in [-0.3, -0.25) is 0 Å². The van der Waals surface area contributed by atoms with E-state index in [-0.39, 0.29) is 5.56 Å². The van der Waals surface area contributed by atoms with Crippen LogP contribution in [0.4, 0.5) is 17.6 Å². The van der Waals surface area contributed by atoms with Crippen LogP contribution >= 0.6 is 0 Å². The Labute approximate surface area is 107 Å². The fraction of sp³-hybridized carbons (Fsp3) is 0.143. The van der Waals surface area contributed by atoms with Gasteiger partial charge in [-0.2, -0.15) is 0 Å². The SMILES string of the molecule is CNCc1ccc(F)c(-c2c(F)cc(F)cc2F)c1. The molecule has 5 heteroatoms. The maximum atomic E-state index is 13.7. The second kappa shape index (κ2) is 5.40. The fourth-order valence-electron chi connectivity index (χ4n) is 1.88. The minimum Gasteiger partial charge on any atom is -0.316 e. The summed E-state index contributed by atoms with van der Waals surface area (Å²) in [7, 11) is 1.70. The number of hydrogen-bond acceptors (Lipinski definition) is 1. The first-order valence-corrected chi connectivity index (χ1v) is 5.61. The average Bonchev–Trinajstić information content (AvgIpc) is 2.32. The van der Waals surface area contributed by atoms with Crippen LogP contribution in [0.5, 0.6) is 0 Å². The molecule has 0 heterocycles. The molecule has 0 atom stereocenters. The van der Waals surface area contributed by atoms with Crippen molar-refractivity contribution in [3.8, 4) is 11.1 Å². The van der Waals surface area contributed by atoms with Crippen LogP contribution in [0.3, 0.4) is 0 Å². The molecule has 0 unspecified atom stereocenters. The molecular weight excluding hydrogens is 258 g/mol. The Balaban J connectivity index is 2.61. The third-order valence-electron chi connectivity index (χ3n) is 2.69. The molecule has 100 valence electrons. The van der Waals surface area contributed by atoms with Crippen LogP contribution in [0.25, 0.3) is 11.1 Å². The molecule has 0 spiro atoms. The summed E-state index contributed by atoms with van der Waals surface area (Å²) in [6, 6.07) is 5.04. The smallest absolute Gasteiger partial charge is 0.136 e. The summed E-state index contributed by atoms with van der Waals surface area (Å²) in [5, 5.41) is 2.85. The lowest BCUT2D eigenvalue weighted by Gasteiger charge is -2.09. The molecule has 0 saturated heterocycles. The molecule has 2 aromatic rings. The van der Waals surface area contributed by atoms with E-state index in [1.807, 2.05) is 0 Å². The maximum Gasteiger partial charge on any atom is 0.136 e. The van der Waals surface area contributed by atoms with Crippen LogP contribution in [-0.4, -0.2) is 7.05 Å². The van der Waals surface area contributed by atoms with E-state index in [0.29, 0.717) is 24.2 Å². The number of nitrogens with one attached hydrogen (secondary N) is 1. The van der Waals surface area contributed by atoms with Gasteiger partial charge in [0.2, 0.25) is 0 Å². The second-order valence-corrected chi connectivity index (χ2v) is 4.09. The summed E-state index contributed by atoms with van der Waals surface area (Å²) >= 11 is 0. The molecule has 0 radical (unpaired) electrons. The van der Waals surface area contributed by atoms with Gasteiger partial charge in [-0.25, -0.2) is 17.6 Å². The minimum atomic E-state index is -1.13. The third-order valence-corrected chi connectivity index (χ3v) is 2.69. The van der Waals surface area contributed by atoms with Crippen molar-refractivity contribution in [1.82, 2.24) is 5.32 Å². The van der Waals surface area contributed by atoms with Gasteiger partial charge in [0.1, 0.15) is 23.3 Å². The highest BCUT2D eigenvalue weighted by Crippen LogP contribution is 2.30. The van der Waals surface area contributed by atoms with Crippen LogP contribution < -0.4 is 5.32 Å². The molecule has 0 aromatic heterocycles. The Morgan fingerprint density at radius 1 is 0.895 bits per heavy atom. The Hall–Kier alpha value is -1.88. The van der Waals surface area contributed by atoms with Crippen molar-refractivity contribution < 1.29 is 17.6 Å². The topological polar surface area (TPSA) is 12.0 Å². The van der Waals surface area contributed by atoms with Gasteiger partial charge in [-0.1, -0.05) is 6.07 Å². The monoisotopic (exact) mass is 269 g/mol. The Kier molecular flexibility index (Phi) is 3.85. The number of hydrogen-bond donors (Lipinski definition) is 1. The lowest BCUT2D eigenvalue weighted by molar-refractivity contribution is 0.545. The van der Waals surface area contributed by atoms with Crippen LogP contribution in [0, 0.1) is 23.3 Å². The van der Waals surface area contributed by atoms with E-state index in [1.54, 1.807) is 7.05 Å². The molecule has 0 amide bonds. The van der Waals surface area contributed by atoms with Crippen molar-refractivity contribution in [1.29, 1.82) is 0 Å². The van der Waals surface area contributed by atoms with Gasteiger partial charge in [-0.15, -0.1) is 0 Å². The quantitative estimate of drug-likeness (QED) is 0.839. The molecule has 1 N–H and O–H groups in total. The zero-order valence-corrected chi connectivity index (χ0v) is 10.1. The molecular formula is C14H11F4N. The zero-order chi connectivity index (χ0) is 14.0. The summed E-state index contributed by atoms with van der Waals surface area (Å²) in [6.45, 7) is 0.428. The van der Waals surface area contributed by atoms with Crippen molar-refractivity contribution in [2.24, 2.45) is 0 Å². The summed E-state index contributed by atoms with van der Waals surface area (Å²) in [4.78, 5) is 0. The van der Waals surface area contributed by atoms with Crippen LogP contribution in [0.15, 0.2) is 30.3 Å². The highest BCUT2D eigenvalue weighted by molar-refractivity contribution is 5.66. The minimum absolute atomic E-state index is 0.220. The Bertz CT molecular complexity index is 587. The number of benzene rings is 2. The molecule has 0 saturated carbocycles. The van der Waals surface area contributed by atoms with Crippen molar-refractivity contribution in [2.75, 3.05) is 7.05 Å². The standard InChI is InChI=1S/C14H11F4N/c1-19-7-8-2-3-11(16)10(4-8)14-12(17)5-9(15)6-13(14)18/h2-6,19H,7H2,1H3. The van der Waals surface area contributed by atoms with E-state index in [4.69, 9.17) is 0 Å². The predicted octanol–water partition coefficient (Wildman–Crippen LogP) is 3.63. The molecule has 2 rings (SSSR count). The van der Waals surface area contributed by atoms with E-state index in [9.17, 15) is 17.6 Å². The normalized spacial score (nSPS) is 10.8. The molecule has 0 aliphatic heterocycles. The van der Waals surface area contributed by atoms with Gasteiger partial charge in [0.15, 0.2) is 0 Å². The fourth-order valence-corrected chi connectivity index (χ4v) is 1.88. The summed E-state index contributed by atoms with van der Waals surface area (Å²) in [5.74, 6) is -4.05. The Morgan fingerprint density at radius 3 is 2.11 bits per heavy atom. The van der Waals surface area contributed by atoms with Gasteiger partial charge >= 0.3 is 0 Å². The predicted molar refractivity (Wildman–Crippen MR) is 64.5 cm³/mol. The number of rotatable bonds is 3. The molecule has 0 aliphatic rings. The largest absolute Gasteiger partial charge is 0.316 e. The average molecular weight is 269 g/mol. The summed E-state index contributed by atoms with van der Waals surface area (Å²) < 4.78 is 53.8. The van der Waals surface area contributed by atoms with Crippen molar-refractivity contribution >= 4 is 0 Å². The lowest BCUT2D eigenvalue weighted by atomic mass is 10.0. The van der Waals surface area contributed by atoms with Gasteiger partial charge in [-0.05, 0) is 24.7 Å². The number of halogens is 4. The van der Waals surface area contributed by atoms with E-state index < -0.39 is 28.8 Å². The summed E-state index contributed by atoms with van der Waals surface area (Å²) in [6.07, 6.45) is 0. The van der Waals surface area contributed by atoms with Crippen molar-refractivity contribution in [2.45, 2.75) is 6.54 Å². The van der Waals surface area contributed by atoms with E-state index in [0.717, 1.165) is 6.07 Å². The van der Waals surface area contributed by atoms with Crippen LogP contribution in [0.1, 0.15) is 5.56 Å². The molecule has 1 nitrogen and oxygen atoms in total. The highest BCUT2D eigenvalue weighted by Gasteiger charge is 2.17. The van der Waals surface area contributed by atoms with E-state index in [1.165, 1.54) is 12.1 Å². The molecule has 0 aliphatic carbocycles. The third kappa shape index (κ3) is 2.76. The van der Waals surface area contributed by atoms with Crippen molar-refractivity contribution in [3.63, 3.8) is 0 Å². The lowest BCUT2D eigenvalue weighted by Crippen LogP contribution is -2.05. The Morgan fingerprint density at radius 2 is 1.53 bits per heavy atom. The first-order valence-electron chi connectivity index (χ1n) is 5.61. The molecule has 2 aromatic carbocycles. The van der Waals surface area contributed by atoms with E-state index >= 15 is 0 Å². The molecule has 0 bridgehead atoms. The van der Waals surface area contributed by atoms with Crippen LogP contribution in [-0.2, 0) is 6.54 Å². The van der Waals surface area contributed by atoms with Gasteiger partial charge in [0.05, 0.1) is 5.56 Å². The van der Waals surface area contributed by atoms with Crippen LogP contribution in [0.2, 0.25) is 0 Å².